The number of amidine groups is 1. The van der Waals surface area contributed by atoms with Gasteiger partial charge in [0.05, 0.1) is 4.92 Å². The lowest BCUT2D eigenvalue weighted by Crippen LogP contribution is -2.13. The molecule has 1 aromatic heterocycles. The van der Waals surface area contributed by atoms with Crippen LogP contribution in [-0.4, -0.2) is 15.7 Å². The summed E-state index contributed by atoms with van der Waals surface area (Å²) in [5.41, 5.74) is 6.56. The fraction of sp³-hybridized carbons (Fsp3) is 0.0769. The molecule has 0 aliphatic rings. The number of pyridine rings is 1. The molecule has 3 N–H and O–H groups in total. The zero-order chi connectivity index (χ0) is 14.5. The van der Waals surface area contributed by atoms with Crippen LogP contribution in [0.3, 0.4) is 0 Å². The second kappa shape index (κ2) is 5.79. The zero-order valence-electron chi connectivity index (χ0n) is 10.4. The van der Waals surface area contributed by atoms with Gasteiger partial charge in [-0.25, -0.2) is 0 Å². The number of hydrogen-bond acceptors (Lipinski definition) is 5. The Hall–Kier alpha value is -2.96. The quantitative estimate of drug-likeness (QED) is 0.373. The predicted octanol–water partition coefficient (Wildman–Crippen LogP) is 1.85. The Morgan fingerprint density at radius 3 is 2.65 bits per heavy atom. The summed E-state index contributed by atoms with van der Waals surface area (Å²) < 4.78 is 5.50. The maximum atomic E-state index is 10.5. The van der Waals surface area contributed by atoms with Gasteiger partial charge in [0, 0.05) is 18.3 Å². The van der Waals surface area contributed by atoms with Gasteiger partial charge in [0.1, 0.15) is 23.9 Å². The number of nitro benzene ring substituents is 1. The Labute approximate surface area is 114 Å². The van der Waals surface area contributed by atoms with Crippen molar-refractivity contribution in [2.75, 3.05) is 0 Å². The maximum Gasteiger partial charge on any atom is 0.269 e. The first-order valence-corrected chi connectivity index (χ1v) is 5.73. The number of hydrogen-bond donors (Lipinski definition) is 2. The molecule has 0 aliphatic heterocycles. The summed E-state index contributed by atoms with van der Waals surface area (Å²) in [5.74, 6) is 0.416. The van der Waals surface area contributed by atoms with Crippen molar-refractivity contribution in [2.45, 2.75) is 6.61 Å². The van der Waals surface area contributed by atoms with E-state index in [1.165, 1.54) is 24.3 Å². The van der Waals surface area contributed by atoms with Crippen molar-refractivity contribution in [3.8, 4) is 5.75 Å². The van der Waals surface area contributed by atoms with E-state index in [9.17, 15) is 10.1 Å². The molecular weight excluding hydrogens is 260 g/mol. The first-order chi connectivity index (χ1) is 9.56. The fourth-order valence-electron chi connectivity index (χ4n) is 1.54. The Morgan fingerprint density at radius 1 is 1.35 bits per heavy atom. The average molecular weight is 272 g/mol. The number of nitrogens with two attached hydrogens (primary N) is 1. The fourth-order valence-corrected chi connectivity index (χ4v) is 1.54. The lowest BCUT2D eigenvalue weighted by Gasteiger charge is -2.07. The van der Waals surface area contributed by atoms with Gasteiger partial charge in [-0.15, -0.1) is 0 Å². The van der Waals surface area contributed by atoms with Crippen LogP contribution in [0.4, 0.5) is 5.69 Å². The van der Waals surface area contributed by atoms with Crippen LogP contribution in [0.1, 0.15) is 11.3 Å². The number of aromatic nitrogens is 1. The van der Waals surface area contributed by atoms with E-state index in [-0.39, 0.29) is 18.1 Å². The van der Waals surface area contributed by atoms with Gasteiger partial charge >= 0.3 is 0 Å². The van der Waals surface area contributed by atoms with Gasteiger partial charge in [0.15, 0.2) is 0 Å². The Bertz CT molecular complexity index is 640. The van der Waals surface area contributed by atoms with Gasteiger partial charge in [0.2, 0.25) is 0 Å². The molecule has 0 aliphatic carbocycles. The van der Waals surface area contributed by atoms with E-state index in [4.69, 9.17) is 15.9 Å². The van der Waals surface area contributed by atoms with E-state index < -0.39 is 4.92 Å². The number of nitrogens with one attached hydrogen (secondary N) is 1. The largest absolute Gasteiger partial charge is 0.489 e. The van der Waals surface area contributed by atoms with E-state index in [0.717, 1.165) is 5.56 Å². The number of nitrogen functional groups attached to an aromatic ring is 1. The van der Waals surface area contributed by atoms with Crippen molar-refractivity contribution in [2.24, 2.45) is 5.73 Å². The van der Waals surface area contributed by atoms with Gasteiger partial charge in [-0.05, 0) is 29.8 Å². The van der Waals surface area contributed by atoms with Gasteiger partial charge in [-0.2, -0.15) is 0 Å². The lowest BCUT2D eigenvalue weighted by atomic mass is 10.2. The standard InChI is InChI=1S/C13H12N4O3/c14-13(15)12-7-9(5-6-16-12)8-20-11-3-1-10(2-4-11)17(18)19/h1-7H,8H2,(H3,14,15). The molecule has 0 fully saturated rings. The molecule has 20 heavy (non-hydrogen) atoms. The SMILES string of the molecule is N=C(N)c1cc(COc2ccc([N+](=O)[O-])cc2)ccn1. The third-order valence-electron chi connectivity index (χ3n) is 2.55. The molecule has 7 nitrogen and oxygen atoms in total. The summed E-state index contributed by atoms with van der Waals surface area (Å²) in [7, 11) is 0. The van der Waals surface area contributed by atoms with E-state index in [0.29, 0.717) is 11.4 Å². The molecule has 2 rings (SSSR count). The molecule has 7 heteroatoms. The van der Waals surface area contributed by atoms with Crippen LogP contribution in [0.15, 0.2) is 42.6 Å². The van der Waals surface area contributed by atoms with Crippen molar-refractivity contribution < 1.29 is 9.66 Å². The molecule has 0 amide bonds. The van der Waals surface area contributed by atoms with Crippen LogP contribution in [0.5, 0.6) is 5.75 Å². The molecule has 2 aromatic rings. The monoisotopic (exact) mass is 272 g/mol. The number of benzene rings is 1. The molecular formula is C13H12N4O3. The minimum absolute atomic E-state index is 0.0140. The van der Waals surface area contributed by atoms with Crippen LogP contribution >= 0.6 is 0 Å². The summed E-state index contributed by atoms with van der Waals surface area (Å²) in [6.45, 7) is 0.264. The van der Waals surface area contributed by atoms with Crippen LogP contribution in [0.25, 0.3) is 0 Å². The predicted molar refractivity (Wildman–Crippen MR) is 72.7 cm³/mol. The van der Waals surface area contributed by atoms with E-state index >= 15 is 0 Å². The highest BCUT2D eigenvalue weighted by Crippen LogP contribution is 2.18. The molecule has 0 bridgehead atoms. The number of nitro groups is 1. The lowest BCUT2D eigenvalue weighted by molar-refractivity contribution is -0.384. The van der Waals surface area contributed by atoms with Crippen molar-refractivity contribution in [1.29, 1.82) is 5.41 Å². The highest BCUT2D eigenvalue weighted by Gasteiger charge is 2.05. The summed E-state index contributed by atoms with van der Waals surface area (Å²) in [6, 6.07) is 9.23. The molecule has 0 spiro atoms. The Morgan fingerprint density at radius 2 is 2.05 bits per heavy atom. The van der Waals surface area contributed by atoms with Crippen molar-refractivity contribution in [3.05, 3.63) is 64.0 Å². The summed E-state index contributed by atoms with van der Waals surface area (Å²) in [5, 5.41) is 17.8. The molecule has 0 saturated heterocycles. The molecule has 1 aromatic carbocycles. The minimum Gasteiger partial charge on any atom is -0.489 e. The Kier molecular flexibility index (Phi) is 3.90. The normalized spacial score (nSPS) is 10.0. The topological polar surface area (TPSA) is 115 Å². The first kappa shape index (κ1) is 13.5. The minimum atomic E-state index is -0.466. The smallest absolute Gasteiger partial charge is 0.269 e. The molecule has 0 unspecified atom stereocenters. The zero-order valence-corrected chi connectivity index (χ0v) is 10.4. The third-order valence-corrected chi connectivity index (χ3v) is 2.55. The van der Waals surface area contributed by atoms with Gasteiger partial charge in [-0.1, -0.05) is 0 Å². The van der Waals surface area contributed by atoms with Crippen molar-refractivity contribution >= 4 is 11.5 Å². The molecule has 0 radical (unpaired) electrons. The number of rotatable bonds is 5. The summed E-state index contributed by atoms with van der Waals surface area (Å²) in [6.07, 6.45) is 1.55. The average Bonchev–Trinajstić information content (AvgIpc) is 2.46. The van der Waals surface area contributed by atoms with Gasteiger partial charge in [0.25, 0.3) is 5.69 Å². The van der Waals surface area contributed by atoms with Crippen molar-refractivity contribution in [3.63, 3.8) is 0 Å². The number of non-ortho nitro benzene ring substituents is 1. The van der Waals surface area contributed by atoms with Gasteiger partial charge < -0.3 is 10.5 Å². The first-order valence-electron chi connectivity index (χ1n) is 5.73. The second-order valence-corrected chi connectivity index (χ2v) is 4.00. The highest BCUT2D eigenvalue weighted by atomic mass is 16.6. The van der Waals surface area contributed by atoms with Crippen LogP contribution < -0.4 is 10.5 Å². The van der Waals surface area contributed by atoms with E-state index in [1.807, 2.05) is 0 Å². The van der Waals surface area contributed by atoms with Gasteiger partial charge in [-0.3, -0.25) is 20.5 Å². The van der Waals surface area contributed by atoms with Crippen LogP contribution in [0.2, 0.25) is 0 Å². The third kappa shape index (κ3) is 3.29. The highest BCUT2D eigenvalue weighted by molar-refractivity contribution is 5.93. The van der Waals surface area contributed by atoms with E-state index in [2.05, 4.69) is 4.98 Å². The molecule has 0 atom stereocenters. The Balaban J connectivity index is 2.03. The van der Waals surface area contributed by atoms with E-state index in [1.54, 1.807) is 18.3 Å². The van der Waals surface area contributed by atoms with Crippen LogP contribution in [-0.2, 0) is 6.61 Å². The molecule has 102 valence electrons. The summed E-state index contributed by atoms with van der Waals surface area (Å²) >= 11 is 0. The molecule has 0 saturated carbocycles. The second-order valence-electron chi connectivity index (χ2n) is 4.00. The number of ether oxygens (including phenoxy) is 1. The molecule has 1 heterocycles. The van der Waals surface area contributed by atoms with Crippen LogP contribution in [0, 0.1) is 15.5 Å². The summed E-state index contributed by atoms with van der Waals surface area (Å²) in [4.78, 5) is 14.0. The maximum absolute atomic E-state index is 10.5. The number of nitrogens with zero attached hydrogens (tertiary/aromatic N) is 2. The van der Waals surface area contributed by atoms with Crippen molar-refractivity contribution in [1.82, 2.24) is 4.98 Å².